The van der Waals surface area contributed by atoms with Crippen molar-refractivity contribution >= 4 is 29.0 Å². The molecule has 0 saturated heterocycles. The average Bonchev–Trinajstić information content (AvgIpc) is 2.50. The fourth-order valence-electron chi connectivity index (χ4n) is 2.06. The van der Waals surface area contributed by atoms with Crippen molar-refractivity contribution in [1.82, 2.24) is 0 Å². The van der Waals surface area contributed by atoms with Gasteiger partial charge in [-0.05, 0) is 43.3 Å². The lowest BCUT2D eigenvalue weighted by atomic mass is 10.1. The molecule has 0 aliphatic heterocycles. The van der Waals surface area contributed by atoms with Crippen molar-refractivity contribution in [2.45, 2.75) is 19.4 Å². The highest BCUT2D eigenvalue weighted by molar-refractivity contribution is 6.31. The second-order valence-electron chi connectivity index (χ2n) is 5.22. The lowest BCUT2D eigenvalue weighted by Crippen LogP contribution is -2.20. The van der Waals surface area contributed by atoms with E-state index in [1.165, 1.54) is 31.2 Å². The maximum atomic E-state index is 12.1. The van der Waals surface area contributed by atoms with Crippen molar-refractivity contribution in [3.8, 4) is 11.5 Å². The molecule has 0 fully saturated rings. The number of aliphatic hydroxyl groups is 1. The van der Waals surface area contributed by atoms with Gasteiger partial charge in [-0.1, -0.05) is 11.6 Å². The molecule has 2 rings (SSSR count). The number of phenols is 1. The van der Waals surface area contributed by atoms with Gasteiger partial charge in [0.2, 0.25) is 0 Å². The lowest BCUT2D eigenvalue weighted by molar-refractivity contribution is -0.274. The number of aliphatic hydroxyl groups excluding tert-OH is 1. The first kappa shape index (κ1) is 19.7. The third-order valence-electron chi connectivity index (χ3n) is 3.15. The molecule has 0 aliphatic rings. The molecule has 10 heteroatoms. The zero-order valence-corrected chi connectivity index (χ0v) is 14.0. The number of amides is 2. The number of hydrogen-bond donors (Lipinski definition) is 4. The standard InChI is InChI=1S/C16H14ClF3N2O4/c1-8(23)12-6-9(17)7-13(14(12)24)22-15(25)21-10-2-4-11(5-3-10)26-16(18,19)20/h2-8,23-24H,1H3,(H2,21,22,25). The number of benzene rings is 2. The quantitative estimate of drug-likeness (QED) is 0.572. The summed E-state index contributed by atoms with van der Waals surface area (Å²) >= 11 is 5.88. The van der Waals surface area contributed by atoms with Crippen LogP contribution in [0.25, 0.3) is 0 Å². The minimum absolute atomic E-state index is 0.0390. The molecule has 2 aromatic rings. The number of alkyl halides is 3. The average molecular weight is 391 g/mol. The van der Waals surface area contributed by atoms with Crippen LogP contribution in [0.3, 0.4) is 0 Å². The van der Waals surface area contributed by atoms with Crippen LogP contribution in [0.2, 0.25) is 5.02 Å². The largest absolute Gasteiger partial charge is 0.573 e. The Labute approximate surface area is 151 Å². The van der Waals surface area contributed by atoms with Gasteiger partial charge in [0.05, 0.1) is 11.8 Å². The molecule has 0 aromatic heterocycles. The van der Waals surface area contributed by atoms with Crippen LogP contribution in [0.5, 0.6) is 11.5 Å². The molecular weight excluding hydrogens is 377 g/mol. The summed E-state index contributed by atoms with van der Waals surface area (Å²) in [6.45, 7) is 1.42. The van der Waals surface area contributed by atoms with E-state index in [0.717, 1.165) is 12.1 Å². The van der Waals surface area contributed by atoms with Crippen molar-refractivity contribution < 1.29 is 32.9 Å². The molecule has 1 atom stereocenters. The lowest BCUT2D eigenvalue weighted by Gasteiger charge is -2.14. The first-order chi connectivity index (χ1) is 12.0. The smallest absolute Gasteiger partial charge is 0.505 e. The third-order valence-corrected chi connectivity index (χ3v) is 3.37. The SMILES string of the molecule is CC(O)c1cc(Cl)cc(NC(=O)Nc2ccc(OC(F)(F)F)cc2)c1O. The monoisotopic (exact) mass is 390 g/mol. The molecule has 0 radical (unpaired) electrons. The van der Waals surface area contributed by atoms with Gasteiger partial charge in [0, 0.05) is 16.3 Å². The number of phenolic OH excluding ortho intramolecular Hbond substituents is 1. The zero-order chi connectivity index (χ0) is 19.5. The molecule has 0 bridgehead atoms. The highest BCUT2D eigenvalue weighted by Gasteiger charge is 2.31. The second kappa shape index (κ2) is 7.71. The van der Waals surface area contributed by atoms with Crippen LogP contribution in [0.1, 0.15) is 18.6 Å². The Hall–Kier alpha value is -2.65. The summed E-state index contributed by atoms with van der Waals surface area (Å²) in [6, 6.07) is 6.34. The number of carbonyl (C=O) groups is 1. The van der Waals surface area contributed by atoms with E-state index in [0.29, 0.717) is 0 Å². The Morgan fingerprint density at radius 3 is 2.35 bits per heavy atom. The zero-order valence-electron chi connectivity index (χ0n) is 13.3. The van der Waals surface area contributed by atoms with Gasteiger partial charge in [-0.15, -0.1) is 13.2 Å². The molecule has 6 nitrogen and oxygen atoms in total. The Balaban J connectivity index is 2.07. The van der Waals surface area contributed by atoms with Crippen molar-refractivity contribution in [3.63, 3.8) is 0 Å². The van der Waals surface area contributed by atoms with E-state index in [-0.39, 0.29) is 27.7 Å². The minimum Gasteiger partial charge on any atom is -0.505 e. The van der Waals surface area contributed by atoms with Crippen molar-refractivity contribution in [2.75, 3.05) is 10.6 Å². The molecule has 0 saturated carbocycles. The van der Waals surface area contributed by atoms with Gasteiger partial charge >= 0.3 is 12.4 Å². The molecule has 140 valence electrons. The predicted molar refractivity (Wildman–Crippen MR) is 89.5 cm³/mol. The maximum absolute atomic E-state index is 12.1. The van der Waals surface area contributed by atoms with E-state index in [9.17, 15) is 28.2 Å². The van der Waals surface area contributed by atoms with Crippen LogP contribution < -0.4 is 15.4 Å². The molecule has 0 spiro atoms. The van der Waals surface area contributed by atoms with Crippen molar-refractivity contribution in [3.05, 3.63) is 47.0 Å². The van der Waals surface area contributed by atoms with Crippen LogP contribution >= 0.6 is 11.6 Å². The van der Waals surface area contributed by atoms with E-state index < -0.39 is 24.2 Å². The Morgan fingerprint density at radius 1 is 1.19 bits per heavy atom. The topological polar surface area (TPSA) is 90.8 Å². The molecule has 0 heterocycles. The predicted octanol–water partition coefficient (Wildman–Crippen LogP) is 4.64. The molecule has 4 N–H and O–H groups in total. The van der Waals surface area contributed by atoms with E-state index in [1.807, 2.05) is 0 Å². The number of rotatable bonds is 4. The first-order valence-corrected chi connectivity index (χ1v) is 7.57. The summed E-state index contributed by atoms with van der Waals surface area (Å²) in [5, 5.41) is 24.5. The summed E-state index contributed by atoms with van der Waals surface area (Å²) in [5.74, 6) is -0.786. The number of halogens is 4. The number of anilines is 2. The van der Waals surface area contributed by atoms with E-state index in [4.69, 9.17) is 11.6 Å². The number of carbonyl (C=O) groups excluding carboxylic acids is 1. The number of nitrogens with one attached hydrogen (secondary N) is 2. The molecule has 0 aliphatic carbocycles. The Kier molecular flexibility index (Phi) is 5.83. The van der Waals surface area contributed by atoms with Crippen molar-refractivity contribution in [1.29, 1.82) is 0 Å². The molecular formula is C16H14ClF3N2O4. The van der Waals surface area contributed by atoms with Crippen LogP contribution in [0, 0.1) is 0 Å². The van der Waals surface area contributed by atoms with Gasteiger partial charge in [0.1, 0.15) is 11.5 Å². The first-order valence-electron chi connectivity index (χ1n) is 7.19. The normalized spacial score (nSPS) is 12.4. The van der Waals surface area contributed by atoms with Gasteiger partial charge in [-0.3, -0.25) is 0 Å². The van der Waals surface area contributed by atoms with Crippen LogP contribution in [0.4, 0.5) is 29.3 Å². The Bertz CT molecular complexity index is 795. The fourth-order valence-corrected chi connectivity index (χ4v) is 2.29. The minimum atomic E-state index is -4.81. The molecule has 2 aromatic carbocycles. The summed E-state index contributed by atoms with van der Waals surface area (Å²) < 4.78 is 40.0. The van der Waals surface area contributed by atoms with Crippen LogP contribution in [0.15, 0.2) is 36.4 Å². The molecule has 2 amide bonds. The number of ether oxygens (including phenoxy) is 1. The van der Waals surface area contributed by atoms with Crippen LogP contribution in [-0.2, 0) is 0 Å². The maximum Gasteiger partial charge on any atom is 0.573 e. The third kappa shape index (κ3) is 5.43. The number of hydrogen-bond acceptors (Lipinski definition) is 4. The fraction of sp³-hybridized carbons (Fsp3) is 0.188. The second-order valence-corrected chi connectivity index (χ2v) is 5.65. The van der Waals surface area contributed by atoms with E-state index in [1.54, 1.807) is 0 Å². The number of urea groups is 1. The van der Waals surface area contributed by atoms with Gasteiger partial charge < -0.3 is 25.6 Å². The molecule has 1 unspecified atom stereocenters. The van der Waals surface area contributed by atoms with E-state index >= 15 is 0 Å². The van der Waals surface area contributed by atoms with Crippen molar-refractivity contribution in [2.24, 2.45) is 0 Å². The Morgan fingerprint density at radius 2 is 1.81 bits per heavy atom. The highest BCUT2D eigenvalue weighted by atomic mass is 35.5. The summed E-state index contributed by atoms with van der Waals surface area (Å²) in [7, 11) is 0. The van der Waals surface area contributed by atoms with Gasteiger partial charge in [0.15, 0.2) is 0 Å². The van der Waals surface area contributed by atoms with Gasteiger partial charge in [-0.25, -0.2) is 4.79 Å². The van der Waals surface area contributed by atoms with E-state index in [2.05, 4.69) is 15.4 Å². The summed E-state index contributed by atoms with van der Waals surface area (Å²) in [4.78, 5) is 12.0. The van der Waals surface area contributed by atoms with Gasteiger partial charge in [-0.2, -0.15) is 0 Å². The summed E-state index contributed by atoms with van der Waals surface area (Å²) in [5.41, 5.74) is 0.277. The van der Waals surface area contributed by atoms with Crippen LogP contribution in [-0.4, -0.2) is 22.6 Å². The summed E-state index contributed by atoms with van der Waals surface area (Å²) in [6.07, 6.45) is -5.82. The molecule has 26 heavy (non-hydrogen) atoms. The number of aromatic hydroxyl groups is 1. The van der Waals surface area contributed by atoms with Gasteiger partial charge in [0.25, 0.3) is 0 Å². The highest BCUT2D eigenvalue weighted by Crippen LogP contribution is 2.35.